The molecule has 1 amide bonds. The molecule has 1 aromatic rings. The van der Waals surface area contributed by atoms with Gasteiger partial charge in [-0.15, -0.1) is 0 Å². The minimum absolute atomic E-state index is 0.432. The molecule has 64 valence electrons. The molecule has 0 unspecified atom stereocenters. The summed E-state index contributed by atoms with van der Waals surface area (Å²) in [6.07, 6.45) is 3.13. The van der Waals surface area contributed by atoms with Gasteiger partial charge in [0, 0.05) is 20.3 Å². The molecule has 0 bridgehead atoms. The first kappa shape index (κ1) is 8.52. The van der Waals surface area contributed by atoms with Gasteiger partial charge in [0.15, 0.2) is 0 Å². The first-order valence-corrected chi connectivity index (χ1v) is 3.53. The SMILES string of the molecule is CN(C)c1cncc(C(N)=O)c1. The van der Waals surface area contributed by atoms with Gasteiger partial charge >= 0.3 is 0 Å². The molecule has 4 nitrogen and oxygen atoms in total. The third-order valence-electron chi connectivity index (χ3n) is 1.52. The van der Waals surface area contributed by atoms with Crippen LogP contribution >= 0.6 is 0 Å². The van der Waals surface area contributed by atoms with Crippen LogP contribution in [0, 0.1) is 0 Å². The Kier molecular flexibility index (Phi) is 2.28. The van der Waals surface area contributed by atoms with Crippen LogP contribution in [0.4, 0.5) is 5.69 Å². The van der Waals surface area contributed by atoms with Crippen molar-refractivity contribution >= 4 is 11.6 Å². The van der Waals surface area contributed by atoms with Crippen LogP contribution in [0.3, 0.4) is 0 Å². The first-order chi connectivity index (χ1) is 5.61. The smallest absolute Gasteiger partial charge is 0.250 e. The number of aromatic nitrogens is 1. The maximum atomic E-state index is 10.7. The number of hydrogen-bond acceptors (Lipinski definition) is 3. The Morgan fingerprint density at radius 1 is 1.50 bits per heavy atom. The standard InChI is InChI=1S/C8H11N3O/c1-11(2)7-3-6(8(9)12)4-10-5-7/h3-5H,1-2H3,(H2,9,12). The fraction of sp³-hybridized carbons (Fsp3) is 0.250. The Labute approximate surface area is 71.0 Å². The molecular weight excluding hydrogens is 154 g/mol. The molecule has 1 rings (SSSR count). The van der Waals surface area contributed by atoms with Crippen molar-refractivity contribution in [1.29, 1.82) is 0 Å². The van der Waals surface area contributed by atoms with Gasteiger partial charge in [-0.3, -0.25) is 9.78 Å². The zero-order valence-corrected chi connectivity index (χ0v) is 7.11. The van der Waals surface area contributed by atoms with Crippen molar-refractivity contribution in [3.8, 4) is 0 Å². The van der Waals surface area contributed by atoms with E-state index in [9.17, 15) is 4.79 Å². The number of hydrogen-bond donors (Lipinski definition) is 1. The Morgan fingerprint density at radius 2 is 2.17 bits per heavy atom. The molecule has 0 radical (unpaired) electrons. The largest absolute Gasteiger partial charge is 0.376 e. The number of nitrogens with zero attached hydrogens (tertiary/aromatic N) is 2. The van der Waals surface area contributed by atoms with Crippen LogP contribution in [0.2, 0.25) is 0 Å². The molecule has 0 fully saturated rings. The van der Waals surface area contributed by atoms with Crippen LogP contribution < -0.4 is 10.6 Å². The van der Waals surface area contributed by atoms with E-state index in [-0.39, 0.29) is 0 Å². The molecule has 0 saturated carbocycles. The molecule has 0 atom stereocenters. The molecule has 1 aromatic heterocycles. The molecule has 0 aliphatic heterocycles. The van der Waals surface area contributed by atoms with Gasteiger partial charge in [0.05, 0.1) is 17.4 Å². The summed E-state index contributed by atoms with van der Waals surface area (Å²) >= 11 is 0. The van der Waals surface area contributed by atoms with E-state index < -0.39 is 5.91 Å². The van der Waals surface area contributed by atoms with Crippen molar-refractivity contribution in [2.75, 3.05) is 19.0 Å². The normalized spacial score (nSPS) is 9.50. The molecular formula is C8H11N3O. The lowest BCUT2D eigenvalue weighted by atomic mass is 10.2. The monoisotopic (exact) mass is 165 g/mol. The topological polar surface area (TPSA) is 59.2 Å². The average Bonchev–Trinajstić information content (AvgIpc) is 2.04. The van der Waals surface area contributed by atoms with E-state index in [1.54, 1.807) is 12.3 Å². The maximum absolute atomic E-state index is 10.7. The van der Waals surface area contributed by atoms with E-state index in [4.69, 9.17) is 5.73 Å². The van der Waals surface area contributed by atoms with Gasteiger partial charge in [0.1, 0.15) is 0 Å². The van der Waals surface area contributed by atoms with Crippen LogP contribution in [-0.4, -0.2) is 25.0 Å². The highest BCUT2D eigenvalue weighted by Gasteiger charge is 2.02. The highest BCUT2D eigenvalue weighted by molar-refractivity contribution is 5.93. The van der Waals surface area contributed by atoms with Crippen molar-refractivity contribution in [3.05, 3.63) is 24.0 Å². The van der Waals surface area contributed by atoms with Crippen molar-refractivity contribution in [1.82, 2.24) is 4.98 Å². The predicted molar refractivity (Wildman–Crippen MR) is 47.1 cm³/mol. The summed E-state index contributed by atoms with van der Waals surface area (Å²) in [5.74, 6) is -0.453. The number of rotatable bonds is 2. The van der Waals surface area contributed by atoms with Crippen LogP contribution in [0.25, 0.3) is 0 Å². The Bertz CT molecular complexity index is 296. The summed E-state index contributed by atoms with van der Waals surface area (Å²) in [5, 5.41) is 0. The number of pyridine rings is 1. The number of carbonyl (C=O) groups excluding carboxylic acids is 1. The van der Waals surface area contributed by atoms with Crippen LogP contribution in [-0.2, 0) is 0 Å². The quantitative estimate of drug-likeness (QED) is 0.683. The molecule has 0 spiro atoms. The molecule has 4 heteroatoms. The summed E-state index contributed by atoms with van der Waals surface area (Å²) in [7, 11) is 3.75. The van der Waals surface area contributed by atoms with Gasteiger partial charge in [0.25, 0.3) is 0 Å². The molecule has 0 aromatic carbocycles. The fourth-order valence-corrected chi connectivity index (χ4v) is 0.807. The second-order valence-electron chi connectivity index (χ2n) is 2.69. The lowest BCUT2D eigenvalue weighted by molar-refractivity contribution is 0.1000. The number of amides is 1. The Hall–Kier alpha value is -1.58. The molecule has 0 aliphatic carbocycles. The van der Waals surface area contributed by atoms with E-state index in [0.717, 1.165) is 5.69 Å². The second-order valence-corrected chi connectivity index (χ2v) is 2.69. The number of carbonyl (C=O) groups is 1. The zero-order valence-electron chi connectivity index (χ0n) is 7.11. The van der Waals surface area contributed by atoms with Gasteiger partial charge in [-0.05, 0) is 6.07 Å². The molecule has 2 N–H and O–H groups in total. The number of primary amides is 1. The van der Waals surface area contributed by atoms with E-state index >= 15 is 0 Å². The highest BCUT2D eigenvalue weighted by atomic mass is 16.1. The molecule has 0 aliphatic rings. The second kappa shape index (κ2) is 3.21. The summed E-state index contributed by atoms with van der Waals surface area (Å²) < 4.78 is 0. The first-order valence-electron chi connectivity index (χ1n) is 3.53. The van der Waals surface area contributed by atoms with Crippen LogP contribution in [0.15, 0.2) is 18.5 Å². The lowest BCUT2D eigenvalue weighted by Crippen LogP contribution is -2.14. The average molecular weight is 165 g/mol. The summed E-state index contributed by atoms with van der Waals surface area (Å²) in [6, 6.07) is 1.70. The third kappa shape index (κ3) is 1.72. The van der Waals surface area contributed by atoms with Gasteiger partial charge in [-0.25, -0.2) is 0 Å². The zero-order chi connectivity index (χ0) is 9.14. The summed E-state index contributed by atoms with van der Waals surface area (Å²) in [6.45, 7) is 0. The Balaban J connectivity index is 3.04. The van der Waals surface area contributed by atoms with E-state index in [0.29, 0.717) is 5.56 Å². The van der Waals surface area contributed by atoms with Gasteiger partial charge in [-0.1, -0.05) is 0 Å². The van der Waals surface area contributed by atoms with E-state index in [2.05, 4.69) is 4.98 Å². The van der Waals surface area contributed by atoms with Crippen LogP contribution in [0.1, 0.15) is 10.4 Å². The van der Waals surface area contributed by atoms with Crippen molar-refractivity contribution < 1.29 is 4.79 Å². The molecule has 1 heterocycles. The van der Waals surface area contributed by atoms with Crippen molar-refractivity contribution in [3.63, 3.8) is 0 Å². The van der Waals surface area contributed by atoms with Gasteiger partial charge < -0.3 is 10.6 Å². The summed E-state index contributed by atoms with van der Waals surface area (Å²) in [5.41, 5.74) is 6.38. The number of anilines is 1. The van der Waals surface area contributed by atoms with Crippen molar-refractivity contribution in [2.24, 2.45) is 5.73 Å². The summed E-state index contributed by atoms with van der Waals surface area (Å²) in [4.78, 5) is 16.5. The minimum Gasteiger partial charge on any atom is -0.376 e. The fourth-order valence-electron chi connectivity index (χ4n) is 0.807. The minimum atomic E-state index is -0.453. The third-order valence-corrected chi connectivity index (χ3v) is 1.52. The van der Waals surface area contributed by atoms with Gasteiger partial charge in [-0.2, -0.15) is 0 Å². The van der Waals surface area contributed by atoms with E-state index in [1.165, 1.54) is 6.20 Å². The van der Waals surface area contributed by atoms with Crippen molar-refractivity contribution in [2.45, 2.75) is 0 Å². The highest BCUT2D eigenvalue weighted by Crippen LogP contribution is 2.10. The predicted octanol–water partition coefficient (Wildman–Crippen LogP) is 0.247. The Morgan fingerprint density at radius 3 is 2.67 bits per heavy atom. The molecule has 12 heavy (non-hydrogen) atoms. The number of nitrogens with two attached hydrogens (primary N) is 1. The van der Waals surface area contributed by atoms with E-state index in [1.807, 2.05) is 19.0 Å². The van der Waals surface area contributed by atoms with Crippen LogP contribution in [0.5, 0.6) is 0 Å². The lowest BCUT2D eigenvalue weighted by Gasteiger charge is -2.11. The maximum Gasteiger partial charge on any atom is 0.250 e. The molecule has 0 saturated heterocycles. The van der Waals surface area contributed by atoms with Gasteiger partial charge in [0.2, 0.25) is 5.91 Å².